The van der Waals surface area contributed by atoms with E-state index in [1.807, 2.05) is 95.6 Å². The smallest absolute Gasteiger partial charge is 0.303 e. The molecule has 1 saturated carbocycles. The number of rotatable bonds is 7. The molecule has 36 heavy (non-hydrogen) atoms. The molecule has 1 heterocycles. The zero-order valence-corrected chi connectivity index (χ0v) is 20.3. The predicted octanol–water partition coefficient (Wildman–Crippen LogP) is 5.55. The number of para-hydroxylation sites is 1. The van der Waals surface area contributed by atoms with Gasteiger partial charge in [-0.25, -0.2) is 0 Å². The van der Waals surface area contributed by atoms with Gasteiger partial charge in [0.1, 0.15) is 0 Å². The number of benzene rings is 3. The van der Waals surface area contributed by atoms with E-state index in [1.54, 1.807) is 0 Å². The Morgan fingerprint density at radius 3 is 2.17 bits per heavy atom. The first-order valence-corrected chi connectivity index (χ1v) is 12.6. The SMILES string of the molecule is CCN(C(=O)CCC(=O)O)C1c2ccccc2N(C(=O)c2ccc(-c3ccccc3)cc2)C2CCC12. The largest absolute Gasteiger partial charge is 0.481 e. The van der Waals surface area contributed by atoms with Crippen molar-refractivity contribution in [3.05, 3.63) is 90.0 Å². The molecule has 1 aliphatic heterocycles. The fraction of sp³-hybridized carbons (Fsp3) is 0.300. The molecule has 0 bridgehead atoms. The van der Waals surface area contributed by atoms with Crippen LogP contribution in [0.2, 0.25) is 0 Å². The molecule has 184 valence electrons. The van der Waals surface area contributed by atoms with Gasteiger partial charge in [-0.15, -0.1) is 0 Å². The minimum atomic E-state index is -0.972. The van der Waals surface area contributed by atoms with Crippen LogP contribution in [0, 0.1) is 5.92 Å². The highest BCUT2D eigenvalue weighted by atomic mass is 16.4. The fourth-order valence-corrected chi connectivity index (χ4v) is 5.68. The number of carboxylic acid groups (broad SMARTS) is 1. The van der Waals surface area contributed by atoms with Crippen LogP contribution in [0.5, 0.6) is 0 Å². The van der Waals surface area contributed by atoms with Crippen LogP contribution in [0.1, 0.15) is 54.6 Å². The number of aliphatic carboxylic acids is 1. The summed E-state index contributed by atoms with van der Waals surface area (Å²) in [7, 11) is 0. The van der Waals surface area contributed by atoms with Crippen LogP contribution in [0.4, 0.5) is 5.69 Å². The van der Waals surface area contributed by atoms with Crippen molar-refractivity contribution in [1.29, 1.82) is 0 Å². The lowest BCUT2D eigenvalue weighted by Crippen LogP contribution is -2.58. The molecule has 0 spiro atoms. The molecule has 6 nitrogen and oxygen atoms in total. The van der Waals surface area contributed by atoms with Gasteiger partial charge in [0.05, 0.1) is 12.5 Å². The molecule has 2 amide bonds. The van der Waals surface area contributed by atoms with Gasteiger partial charge in [0.15, 0.2) is 0 Å². The monoisotopic (exact) mass is 482 g/mol. The summed E-state index contributed by atoms with van der Waals surface area (Å²) in [6, 6.07) is 25.5. The van der Waals surface area contributed by atoms with Crippen LogP contribution < -0.4 is 4.90 Å². The Morgan fingerprint density at radius 2 is 1.53 bits per heavy atom. The Hall–Kier alpha value is -3.93. The van der Waals surface area contributed by atoms with Crippen LogP contribution >= 0.6 is 0 Å². The van der Waals surface area contributed by atoms with Gasteiger partial charge in [0.25, 0.3) is 5.91 Å². The minimum absolute atomic E-state index is 0.00697. The normalized spacial score (nSPS) is 20.0. The van der Waals surface area contributed by atoms with Crippen molar-refractivity contribution in [3.63, 3.8) is 0 Å². The first-order chi connectivity index (χ1) is 17.5. The summed E-state index contributed by atoms with van der Waals surface area (Å²) in [4.78, 5) is 41.7. The number of carbonyl (C=O) groups is 3. The third kappa shape index (κ3) is 4.28. The maximum absolute atomic E-state index is 13.8. The molecule has 0 saturated heterocycles. The molecule has 1 N–H and O–H groups in total. The first kappa shape index (κ1) is 23.8. The van der Waals surface area contributed by atoms with Crippen LogP contribution in [0.25, 0.3) is 11.1 Å². The maximum atomic E-state index is 13.8. The van der Waals surface area contributed by atoms with Crippen molar-refractivity contribution in [2.45, 2.75) is 44.7 Å². The highest BCUT2D eigenvalue weighted by molar-refractivity contribution is 6.07. The van der Waals surface area contributed by atoms with Crippen LogP contribution in [0.3, 0.4) is 0 Å². The predicted molar refractivity (Wildman–Crippen MR) is 139 cm³/mol. The van der Waals surface area contributed by atoms with Crippen LogP contribution in [0.15, 0.2) is 78.9 Å². The molecule has 0 radical (unpaired) electrons. The number of hydrogen-bond donors (Lipinski definition) is 1. The molecular formula is C30H30N2O4. The second-order valence-corrected chi connectivity index (χ2v) is 9.50. The summed E-state index contributed by atoms with van der Waals surface area (Å²) < 4.78 is 0. The molecule has 3 atom stereocenters. The maximum Gasteiger partial charge on any atom is 0.303 e. The number of carboxylic acids is 1. The summed E-state index contributed by atoms with van der Waals surface area (Å²) in [5.41, 5.74) is 4.60. The van der Waals surface area contributed by atoms with Crippen LogP contribution in [-0.2, 0) is 9.59 Å². The van der Waals surface area contributed by atoms with Gasteiger partial charge in [-0.2, -0.15) is 0 Å². The van der Waals surface area contributed by atoms with Gasteiger partial charge in [-0.05, 0) is 54.7 Å². The molecule has 3 aromatic carbocycles. The van der Waals surface area contributed by atoms with Gasteiger partial charge in [-0.1, -0.05) is 60.7 Å². The molecule has 6 heteroatoms. The van der Waals surface area contributed by atoms with Gasteiger partial charge in [0, 0.05) is 36.2 Å². The Labute approximate surface area is 211 Å². The summed E-state index contributed by atoms with van der Waals surface area (Å²) in [5.74, 6) is -1.03. The summed E-state index contributed by atoms with van der Waals surface area (Å²) in [6.07, 6.45) is 1.60. The van der Waals surface area contributed by atoms with Crippen molar-refractivity contribution in [2.75, 3.05) is 11.4 Å². The molecule has 3 unspecified atom stereocenters. The summed E-state index contributed by atoms with van der Waals surface area (Å²) >= 11 is 0. The molecule has 0 aromatic heterocycles. The van der Waals surface area contributed by atoms with Crippen molar-refractivity contribution in [3.8, 4) is 11.1 Å². The molecular weight excluding hydrogens is 452 g/mol. The highest BCUT2D eigenvalue weighted by Gasteiger charge is 2.50. The Kier molecular flexibility index (Phi) is 6.59. The lowest BCUT2D eigenvalue weighted by atomic mass is 9.67. The molecule has 1 aliphatic carbocycles. The molecule has 1 fully saturated rings. The second kappa shape index (κ2) is 9.97. The molecule has 2 aliphatic rings. The highest BCUT2D eigenvalue weighted by Crippen LogP contribution is 2.52. The van der Waals surface area contributed by atoms with Gasteiger partial charge in [0.2, 0.25) is 5.91 Å². The van der Waals surface area contributed by atoms with E-state index in [0.717, 1.165) is 35.2 Å². The number of nitrogens with zero attached hydrogens (tertiary/aromatic N) is 2. The molecule has 3 aromatic rings. The van der Waals surface area contributed by atoms with Crippen molar-refractivity contribution >= 4 is 23.5 Å². The Morgan fingerprint density at radius 1 is 0.861 bits per heavy atom. The Balaban J connectivity index is 1.46. The zero-order chi connectivity index (χ0) is 25.2. The van der Waals surface area contributed by atoms with Gasteiger partial charge in [-0.3, -0.25) is 14.4 Å². The van der Waals surface area contributed by atoms with E-state index in [0.29, 0.717) is 12.1 Å². The standard InChI is InChI=1S/C30H30N2O4/c1-2-31(27(33)18-19-28(34)35)29-23-10-6-7-11-25(23)32(26-17-16-24(26)29)30(36)22-14-12-21(13-15-22)20-8-4-3-5-9-20/h3-15,24,26,29H,2,16-19H2,1H3,(H,34,35). The van der Waals surface area contributed by atoms with E-state index in [-0.39, 0.29) is 42.7 Å². The first-order valence-electron chi connectivity index (χ1n) is 12.6. The van der Waals surface area contributed by atoms with E-state index >= 15 is 0 Å². The van der Waals surface area contributed by atoms with Crippen LogP contribution in [-0.4, -0.2) is 40.4 Å². The molecule has 5 rings (SSSR count). The topological polar surface area (TPSA) is 77.9 Å². The number of amides is 2. The Bertz CT molecular complexity index is 1270. The fourth-order valence-electron chi connectivity index (χ4n) is 5.68. The van der Waals surface area contributed by atoms with Gasteiger partial charge < -0.3 is 14.9 Å². The average Bonchev–Trinajstić information content (AvgIpc) is 2.89. The number of hydrogen-bond acceptors (Lipinski definition) is 3. The average molecular weight is 483 g/mol. The minimum Gasteiger partial charge on any atom is -0.481 e. The quantitative estimate of drug-likeness (QED) is 0.479. The number of carbonyl (C=O) groups excluding carboxylic acids is 2. The third-order valence-electron chi connectivity index (χ3n) is 7.55. The van der Waals surface area contributed by atoms with Crippen molar-refractivity contribution in [1.82, 2.24) is 4.90 Å². The van der Waals surface area contributed by atoms with Crippen molar-refractivity contribution in [2.24, 2.45) is 5.92 Å². The van der Waals surface area contributed by atoms with Crippen molar-refractivity contribution < 1.29 is 19.5 Å². The van der Waals surface area contributed by atoms with E-state index in [2.05, 4.69) is 0 Å². The van der Waals surface area contributed by atoms with E-state index in [1.165, 1.54) is 0 Å². The zero-order valence-electron chi connectivity index (χ0n) is 20.3. The van der Waals surface area contributed by atoms with E-state index < -0.39 is 5.97 Å². The second-order valence-electron chi connectivity index (χ2n) is 9.50. The third-order valence-corrected chi connectivity index (χ3v) is 7.55. The van der Waals surface area contributed by atoms with E-state index in [4.69, 9.17) is 5.11 Å². The summed E-state index contributed by atoms with van der Waals surface area (Å²) in [5, 5.41) is 9.06. The lowest BCUT2D eigenvalue weighted by Gasteiger charge is -2.55. The van der Waals surface area contributed by atoms with Gasteiger partial charge >= 0.3 is 5.97 Å². The van der Waals surface area contributed by atoms with E-state index in [9.17, 15) is 14.4 Å². The summed E-state index contributed by atoms with van der Waals surface area (Å²) in [6.45, 7) is 2.43. The lowest BCUT2D eigenvalue weighted by molar-refractivity contribution is -0.142. The number of anilines is 1. The number of fused-ring (bicyclic) bond motifs is 2.